The molecular weight excluding hydrogens is 594 g/mol. The zero-order valence-corrected chi connectivity index (χ0v) is 27.5. The molecule has 234 valence electrons. The molecule has 5 rings (SSSR count). The van der Waals surface area contributed by atoms with Crippen LogP contribution in [0.2, 0.25) is 5.02 Å². The molecule has 1 N–H and O–H groups in total. The van der Waals surface area contributed by atoms with Gasteiger partial charge in [-0.1, -0.05) is 82.1 Å². The van der Waals surface area contributed by atoms with Crippen molar-refractivity contribution in [2.75, 3.05) is 36.8 Å². The maximum Gasteiger partial charge on any atom is 0.264 e. The van der Waals surface area contributed by atoms with Gasteiger partial charge in [0.25, 0.3) is 5.91 Å². The molecule has 2 fully saturated rings. The number of Topliss-reactive ketones (excluding diaryl/α,β-unsaturated/α-hetero) is 1. The number of sulfonamides is 1. The average Bonchev–Trinajstić information content (AvgIpc) is 3.16. The molecule has 2 atom stereocenters. The Kier molecular flexibility index (Phi) is 9.26. The van der Waals surface area contributed by atoms with E-state index < -0.39 is 32.5 Å². The van der Waals surface area contributed by atoms with E-state index in [1.165, 1.54) is 11.1 Å². The van der Waals surface area contributed by atoms with Gasteiger partial charge in [-0.05, 0) is 64.4 Å². The number of hydrogen-bond acceptors (Lipinski definition) is 6. The lowest BCUT2D eigenvalue weighted by Crippen LogP contribution is -2.47. The van der Waals surface area contributed by atoms with Crippen LogP contribution >= 0.6 is 11.6 Å². The molecule has 2 aliphatic rings. The van der Waals surface area contributed by atoms with E-state index in [1.54, 1.807) is 19.1 Å². The van der Waals surface area contributed by atoms with Crippen molar-refractivity contribution in [2.24, 2.45) is 16.7 Å². The molecule has 0 aromatic heterocycles. The molecular formula is C35H42ClN3O4S. The molecule has 1 heterocycles. The van der Waals surface area contributed by atoms with Crippen molar-refractivity contribution >= 4 is 39.0 Å². The molecule has 0 radical (unpaired) electrons. The summed E-state index contributed by atoms with van der Waals surface area (Å²) < 4.78 is 28.4. The highest BCUT2D eigenvalue weighted by Gasteiger charge is 2.58. The van der Waals surface area contributed by atoms with E-state index in [9.17, 15) is 18.0 Å². The number of halogens is 1. The second kappa shape index (κ2) is 12.7. The highest BCUT2D eigenvalue weighted by molar-refractivity contribution is 7.90. The Morgan fingerprint density at radius 1 is 0.932 bits per heavy atom. The van der Waals surface area contributed by atoms with Crippen molar-refractivity contribution in [1.29, 1.82) is 0 Å². The van der Waals surface area contributed by atoms with Crippen molar-refractivity contribution in [3.05, 3.63) is 88.9 Å². The fourth-order valence-electron chi connectivity index (χ4n) is 6.85. The van der Waals surface area contributed by atoms with Gasteiger partial charge in [-0.2, -0.15) is 0 Å². The van der Waals surface area contributed by atoms with Crippen molar-refractivity contribution < 1.29 is 18.0 Å². The fourth-order valence-corrected chi connectivity index (χ4v) is 8.74. The summed E-state index contributed by atoms with van der Waals surface area (Å²) in [5.74, 6) is -1.02. The zero-order valence-electron chi connectivity index (χ0n) is 26.0. The predicted molar refractivity (Wildman–Crippen MR) is 177 cm³/mol. The summed E-state index contributed by atoms with van der Waals surface area (Å²) in [6.45, 7) is 12.0. The first-order valence-corrected chi connectivity index (χ1v) is 17.4. The number of ketones is 1. The summed E-state index contributed by atoms with van der Waals surface area (Å²) >= 11 is 6.10. The number of anilines is 1. The van der Waals surface area contributed by atoms with E-state index in [4.69, 9.17) is 11.6 Å². The van der Waals surface area contributed by atoms with Gasteiger partial charge >= 0.3 is 0 Å². The molecule has 1 saturated carbocycles. The third-order valence-electron chi connectivity index (χ3n) is 10.1. The van der Waals surface area contributed by atoms with E-state index in [0.717, 1.165) is 55.4 Å². The molecule has 44 heavy (non-hydrogen) atoms. The van der Waals surface area contributed by atoms with Gasteiger partial charge in [-0.15, -0.1) is 0 Å². The maximum absolute atomic E-state index is 13.1. The normalized spacial score (nSPS) is 22.2. The van der Waals surface area contributed by atoms with Crippen LogP contribution in [0.1, 0.15) is 56.5 Å². The van der Waals surface area contributed by atoms with E-state index in [2.05, 4.69) is 50.9 Å². The minimum Gasteiger partial charge on any atom is -0.369 e. The van der Waals surface area contributed by atoms with Crippen molar-refractivity contribution in [3.8, 4) is 11.1 Å². The van der Waals surface area contributed by atoms with Gasteiger partial charge in [0.2, 0.25) is 10.0 Å². The van der Waals surface area contributed by atoms with E-state index >= 15 is 0 Å². The highest BCUT2D eigenvalue weighted by Crippen LogP contribution is 2.55. The van der Waals surface area contributed by atoms with Gasteiger partial charge in [-0.3, -0.25) is 14.5 Å². The molecule has 3 aromatic carbocycles. The lowest BCUT2D eigenvalue weighted by Gasteiger charge is -2.39. The Morgan fingerprint density at radius 3 is 2.18 bits per heavy atom. The van der Waals surface area contributed by atoms with Crippen LogP contribution in [0, 0.1) is 16.7 Å². The number of carbonyl (C=O) groups excluding carboxylic acids is 2. The Bertz CT molecular complexity index is 1610. The maximum atomic E-state index is 13.1. The molecule has 1 aliphatic carbocycles. The van der Waals surface area contributed by atoms with Crippen molar-refractivity contribution in [3.63, 3.8) is 0 Å². The van der Waals surface area contributed by atoms with E-state index in [1.807, 2.05) is 45.0 Å². The molecule has 7 nitrogen and oxygen atoms in total. The molecule has 0 unspecified atom stereocenters. The fraction of sp³-hybridized carbons (Fsp3) is 0.429. The lowest BCUT2D eigenvalue weighted by atomic mass is 9.66. The van der Waals surface area contributed by atoms with Crippen LogP contribution in [-0.4, -0.2) is 56.9 Å². The topological polar surface area (TPSA) is 86.8 Å². The summed E-state index contributed by atoms with van der Waals surface area (Å²) in [7, 11) is -4.03. The van der Waals surface area contributed by atoms with Crippen LogP contribution < -0.4 is 9.62 Å². The second-order valence-corrected chi connectivity index (χ2v) is 15.1. The molecule has 9 heteroatoms. The third kappa shape index (κ3) is 6.58. The number of nitrogens with one attached hydrogen (secondary N) is 1. The van der Waals surface area contributed by atoms with Crippen LogP contribution in [0.3, 0.4) is 0 Å². The van der Waals surface area contributed by atoms with Gasteiger partial charge < -0.3 is 4.90 Å². The summed E-state index contributed by atoms with van der Waals surface area (Å²) in [6, 6.07) is 23.5. The molecule has 0 spiro atoms. The second-order valence-electron chi connectivity index (χ2n) is 13.0. The Hall–Kier alpha value is -3.20. The monoisotopic (exact) mass is 635 g/mol. The summed E-state index contributed by atoms with van der Waals surface area (Å²) in [4.78, 5) is 30.6. The van der Waals surface area contributed by atoms with Crippen LogP contribution in [0.5, 0.6) is 0 Å². The smallest absolute Gasteiger partial charge is 0.264 e. The molecule has 1 amide bonds. The number of hydrogen-bond donors (Lipinski definition) is 1. The average molecular weight is 636 g/mol. The third-order valence-corrected chi connectivity index (χ3v) is 11.8. The SMILES string of the molecule is CC[C@H]1CC(=O)[C@@](C)(CS(=O)(=O)NC(=O)c2ccc(N3CCN(Cc4ccccc4-c4ccc(Cl)cc4)CC3)cc2)C1(C)C. The van der Waals surface area contributed by atoms with Crippen molar-refractivity contribution in [1.82, 2.24) is 9.62 Å². The number of benzene rings is 3. The van der Waals surface area contributed by atoms with E-state index in [-0.39, 0.29) is 17.3 Å². The summed E-state index contributed by atoms with van der Waals surface area (Å²) in [5, 5.41) is 0.724. The minimum atomic E-state index is -4.03. The molecule has 0 bridgehead atoms. The molecule has 3 aromatic rings. The standard InChI is InChI=1S/C35H42ClN3O4S/c1-5-28-22-32(40)35(4,34(28,2)3)24-44(42,43)37-33(41)26-12-16-30(17-13-26)39-20-18-38(19-21-39)23-27-8-6-7-9-31(27)25-10-14-29(36)15-11-25/h6-17,28H,5,18-24H2,1-4H3,(H,37,41)/t28-,35+/m0/s1. The Balaban J connectivity index is 1.17. The van der Waals surface area contributed by atoms with Gasteiger partial charge in [0, 0.05) is 60.8 Å². The quantitative estimate of drug-likeness (QED) is 0.292. The minimum absolute atomic E-state index is 0.0533. The van der Waals surface area contributed by atoms with Gasteiger partial charge in [0.1, 0.15) is 5.78 Å². The first-order valence-electron chi connectivity index (χ1n) is 15.3. The Morgan fingerprint density at radius 2 is 1.57 bits per heavy atom. The van der Waals surface area contributed by atoms with Crippen LogP contribution in [0.4, 0.5) is 5.69 Å². The zero-order chi connectivity index (χ0) is 31.7. The highest BCUT2D eigenvalue weighted by atomic mass is 35.5. The van der Waals surface area contributed by atoms with Crippen LogP contribution in [-0.2, 0) is 21.4 Å². The first-order chi connectivity index (χ1) is 20.8. The Labute approximate surface area is 266 Å². The molecule has 1 saturated heterocycles. The number of amides is 1. The van der Waals surface area contributed by atoms with E-state index in [0.29, 0.717) is 6.42 Å². The van der Waals surface area contributed by atoms with Crippen molar-refractivity contribution in [2.45, 2.75) is 47.1 Å². The summed E-state index contributed by atoms with van der Waals surface area (Å²) in [5.41, 5.74) is 3.35. The number of piperazine rings is 1. The predicted octanol–water partition coefficient (Wildman–Crippen LogP) is 6.42. The lowest BCUT2D eigenvalue weighted by molar-refractivity contribution is -0.126. The van der Waals surface area contributed by atoms with Crippen LogP contribution in [0.25, 0.3) is 11.1 Å². The number of nitrogens with zero attached hydrogens (tertiary/aromatic N) is 2. The van der Waals surface area contributed by atoms with Gasteiger partial charge in [-0.25, -0.2) is 13.1 Å². The largest absolute Gasteiger partial charge is 0.369 e. The molecule has 1 aliphatic heterocycles. The summed E-state index contributed by atoms with van der Waals surface area (Å²) in [6.07, 6.45) is 1.18. The van der Waals surface area contributed by atoms with Crippen LogP contribution in [0.15, 0.2) is 72.8 Å². The first kappa shape index (κ1) is 32.2. The van der Waals surface area contributed by atoms with Gasteiger partial charge in [0.15, 0.2) is 0 Å². The number of rotatable bonds is 9. The number of carbonyl (C=O) groups is 2. The van der Waals surface area contributed by atoms with Gasteiger partial charge in [0.05, 0.1) is 5.75 Å².